The van der Waals surface area contributed by atoms with Gasteiger partial charge >= 0.3 is 0 Å². The molecule has 0 aliphatic heterocycles. The number of aromatic hydroxyl groups is 2. The van der Waals surface area contributed by atoms with E-state index in [2.05, 4.69) is 62.4 Å². The Bertz CT molecular complexity index is 1060. The summed E-state index contributed by atoms with van der Waals surface area (Å²) >= 11 is 0. The van der Waals surface area contributed by atoms with Gasteiger partial charge in [0, 0.05) is 5.41 Å². The van der Waals surface area contributed by atoms with Crippen molar-refractivity contribution in [1.82, 2.24) is 0 Å². The van der Waals surface area contributed by atoms with Gasteiger partial charge in [0.05, 0.1) is 0 Å². The molecule has 2 N–H and O–H groups in total. The summed E-state index contributed by atoms with van der Waals surface area (Å²) in [5.41, 5.74) is 7.33. The van der Waals surface area contributed by atoms with Gasteiger partial charge in [0.25, 0.3) is 0 Å². The average Bonchev–Trinajstić information content (AvgIpc) is 2.77. The molecule has 0 aliphatic carbocycles. The van der Waals surface area contributed by atoms with Crippen LogP contribution in [0.4, 0.5) is 0 Å². The molecule has 0 atom stereocenters. The highest BCUT2D eigenvalue weighted by Gasteiger charge is 2.23. The predicted molar refractivity (Wildman–Crippen MR) is 127 cm³/mol. The first-order chi connectivity index (χ1) is 14.9. The number of phenolic OH excluding ortho intramolecular Hbond substituents is 2. The zero-order valence-electron chi connectivity index (χ0n) is 18.0. The molecule has 0 aliphatic rings. The molecule has 4 aromatic rings. The molecule has 2 heteroatoms. The number of hydrogen-bond acceptors (Lipinski definition) is 2. The lowest BCUT2D eigenvalue weighted by Gasteiger charge is -2.27. The predicted octanol–water partition coefficient (Wildman–Crippen LogP) is 6.61. The third-order valence-electron chi connectivity index (χ3n) is 5.99. The van der Waals surface area contributed by atoms with Gasteiger partial charge in [0.2, 0.25) is 0 Å². The summed E-state index contributed by atoms with van der Waals surface area (Å²) in [6.07, 6.45) is 1.68. The third kappa shape index (κ3) is 4.97. The van der Waals surface area contributed by atoms with E-state index >= 15 is 0 Å². The van der Waals surface area contributed by atoms with Crippen molar-refractivity contribution in [2.75, 3.05) is 0 Å². The number of hydrogen-bond donors (Lipinski definition) is 2. The summed E-state index contributed by atoms with van der Waals surface area (Å²) in [7, 11) is 0. The molecule has 0 radical (unpaired) electrons. The first kappa shape index (κ1) is 20.7. The van der Waals surface area contributed by atoms with Gasteiger partial charge in [0.1, 0.15) is 11.5 Å². The smallest absolute Gasteiger partial charge is 0.115 e. The SMILES string of the molecule is CC(C)(c1cccc(Cc2ccc(O)cc2)c1)c1cccc(Cc2ccc(O)cc2)c1. The van der Waals surface area contributed by atoms with Crippen molar-refractivity contribution in [3.63, 3.8) is 0 Å². The molecule has 0 saturated carbocycles. The molecule has 0 bridgehead atoms. The van der Waals surface area contributed by atoms with Gasteiger partial charge < -0.3 is 10.2 Å². The van der Waals surface area contributed by atoms with Gasteiger partial charge in [-0.3, -0.25) is 0 Å². The van der Waals surface area contributed by atoms with Crippen LogP contribution in [0.3, 0.4) is 0 Å². The normalized spacial score (nSPS) is 11.4. The van der Waals surface area contributed by atoms with Crippen LogP contribution in [-0.2, 0) is 18.3 Å². The molecule has 4 rings (SSSR count). The molecule has 0 saturated heterocycles. The van der Waals surface area contributed by atoms with Gasteiger partial charge in [-0.15, -0.1) is 0 Å². The zero-order chi connectivity index (χ0) is 21.8. The zero-order valence-corrected chi connectivity index (χ0v) is 18.0. The minimum atomic E-state index is -0.129. The Kier molecular flexibility index (Phi) is 5.81. The van der Waals surface area contributed by atoms with Crippen molar-refractivity contribution in [1.29, 1.82) is 0 Å². The monoisotopic (exact) mass is 408 g/mol. The Balaban J connectivity index is 1.57. The fourth-order valence-electron chi connectivity index (χ4n) is 4.01. The van der Waals surface area contributed by atoms with E-state index in [9.17, 15) is 10.2 Å². The van der Waals surface area contributed by atoms with Crippen LogP contribution in [-0.4, -0.2) is 10.2 Å². The van der Waals surface area contributed by atoms with Crippen molar-refractivity contribution >= 4 is 0 Å². The minimum Gasteiger partial charge on any atom is -0.508 e. The van der Waals surface area contributed by atoms with Crippen LogP contribution in [0, 0.1) is 0 Å². The maximum atomic E-state index is 9.52. The molecule has 0 aromatic heterocycles. The van der Waals surface area contributed by atoms with Crippen molar-refractivity contribution in [3.8, 4) is 11.5 Å². The molecule has 31 heavy (non-hydrogen) atoms. The van der Waals surface area contributed by atoms with Crippen LogP contribution in [0.2, 0.25) is 0 Å². The summed E-state index contributed by atoms with van der Waals surface area (Å²) in [4.78, 5) is 0. The molecular weight excluding hydrogens is 380 g/mol. The standard InChI is InChI=1S/C29H28O2/c1-29(2,25-7-3-5-23(19-25)17-21-9-13-27(30)14-10-21)26-8-4-6-24(20-26)18-22-11-15-28(31)16-12-22/h3-16,19-20,30-31H,17-18H2,1-2H3. The molecule has 4 aromatic carbocycles. The van der Waals surface area contributed by atoms with E-state index < -0.39 is 0 Å². The van der Waals surface area contributed by atoms with Gasteiger partial charge in [-0.2, -0.15) is 0 Å². The van der Waals surface area contributed by atoms with Gasteiger partial charge in [-0.05, 0) is 70.5 Å². The molecule has 156 valence electrons. The van der Waals surface area contributed by atoms with Crippen LogP contribution in [0.25, 0.3) is 0 Å². The lowest BCUT2D eigenvalue weighted by molar-refractivity contribution is 0.474. The second-order valence-electron chi connectivity index (χ2n) is 8.71. The minimum absolute atomic E-state index is 0.129. The molecule has 0 fully saturated rings. The van der Waals surface area contributed by atoms with Crippen molar-refractivity contribution in [2.24, 2.45) is 0 Å². The number of benzene rings is 4. The van der Waals surface area contributed by atoms with Crippen LogP contribution in [0.15, 0.2) is 97.1 Å². The van der Waals surface area contributed by atoms with Crippen LogP contribution in [0.1, 0.15) is 47.2 Å². The molecule has 0 unspecified atom stereocenters. The van der Waals surface area contributed by atoms with Gasteiger partial charge in [-0.1, -0.05) is 86.6 Å². The quantitative estimate of drug-likeness (QED) is 0.377. The second-order valence-corrected chi connectivity index (χ2v) is 8.71. The van der Waals surface area contributed by atoms with E-state index in [1.165, 1.54) is 33.4 Å². The van der Waals surface area contributed by atoms with Crippen molar-refractivity contribution < 1.29 is 10.2 Å². The third-order valence-corrected chi connectivity index (χ3v) is 5.99. The highest BCUT2D eigenvalue weighted by molar-refractivity contribution is 5.43. The second kappa shape index (κ2) is 8.69. The maximum absolute atomic E-state index is 9.52. The lowest BCUT2D eigenvalue weighted by Crippen LogP contribution is -2.19. The first-order valence-corrected chi connectivity index (χ1v) is 10.6. The first-order valence-electron chi connectivity index (χ1n) is 10.6. The molecular formula is C29H28O2. The van der Waals surface area contributed by atoms with E-state index in [1.807, 2.05) is 24.3 Å². The Morgan fingerprint density at radius 3 is 1.29 bits per heavy atom. The van der Waals surface area contributed by atoms with E-state index in [4.69, 9.17) is 0 Å². The highest BCUT2D eigenvalue weighted by atomic mass is 16.3. The fraction of sp³-hybridized carbons (Fsp3) is 0.172. The van der Waals surface area contributed by atoms with Crippen LogP contribution in [0.5, 0.6) is 11.5 Å². The van der Waals surface area contributed by atoms with Gasteiger partial charge in [-0.25, -0.2) is 0 Å². The van der Waals surface area contributed by atoms with E-state index in [-0.39, 0.29) is 5.41 Å². The summed E-state index contributed by atoms with van der Waals surface area (Å²) in [6.45, 7) is 4.54. The fourth-order valence-corrected chi connectivity index (χ4v) is 4.01. The van der Waals surface area contributed by atoms with E-state index in [0.717, 1.165) is 12.8 Å². The Morgan fingerprint density at radius 1 is 0.516 bits per heavy atom. The summed E-state index contributed by atoms with van der Waals surface area (Å²) in [5.74, 6) is 0.594. The number of phenols is 2. The lowest BCUT2D eigenvalue weighted by atomic mass is 9.77. The summed E-state index contributed by atoms with van der Waals surface area (Å²) in [6, 6.07) is 32.4. The molecule has 0 heterocycles. The molecule has 2 nitrogen and oxygen atoms in total. The van der Waals surface area contributed by atoms with E-state index in [0.29, 0.717) is 11.5 Å². The molecule has 0 spiro atoms. The molecule has 0 amide bonds. The Morgan fingerprint density at radius 2 is 0.903 bits per heavy atom. The van der Waals surface area contributed by atoms with Crippen LogP contribution >= 0.6 is 0 Å². The summed E-state index contributed by atoms with van der Waals surface area (Å²) < 4.78 is 0. The van der Waals surface area contributed by atoms with Crippen molar-refractivity contribution in [2.45, 2.75) is 32.1 Å². The van der Waals surface area contributed by atoms with E-state index in [1.54, 1.807) is 24.3 Å². The van der Waals surface area contributed by atoms with Gasteiger partial charge in [0.15, 0.2) is 0 Å². The van der Waals surface area contributed by atoms with Crippen molar-refractivity contribution in [3.05, 3.63) is 130 Å². The summed E-state index contributed by atoms with van der Waals surface area (Å²) in [5, 5.41) is 19.0. The maximum Gasteiger partial charge on any atom is 0.115 e. The Hall–Kier alpha value is -3.52. The topological polar surface area (TPSA) is 40.5 Å². The van der Waals surface area contributed by atoms with Crippen LogP contribution < -0.4 is 0 Å². The highest BCUT2D eigenvalue weighted by Crippen LogP contribution is 2.33. The number of rotatable bonds is 6. The average molecular weight is 409 g/mol. The largest absolute Gasteiger partial charge is 0.508 e. The Labute approximate surface area is 184 Å².